The molecule has 2 N–H and O–H groups in total. The molecule has 0 aromatic carbocycles. The van der Waals surface area contributed by atoms with Crippen LogP contribution in [0.5, 0.6) is 0 Å². The summed E-state index contributed by atoms with van der Waals surface area (Å²) in [5.74, 6) is -0.0423. The van der Waals surface area contributed by atoms with Crippen molar-refractivity contribution >= 4 is 5.91 Å². The summed E-state index contributed by atoms with van der Waals surface area (Å²) in [5.41, 5.74) is 5.87. The summed E-state index contributed by atoms with van der Waals surface area (Å²) >= 11 is 0. The number of amides is 1. The van der Waals surface area contributed by atoms with Crippen molar-refractivity contribution < 1.29 is 14.3 Å². The van der Waals surface area contributed by atoms with Crippen LogP contribution in [-0.2, 0) is 14.3 Å². The fraction of sp³-hybridized carbons (Fsp3) is 0.933. The number of nitrogens with two attached hydrogens (primary N) is 1. The van der Waals surface area contributed by atoms with Crippen molar-refractivity contribution in [2.75, 3.05) is 45.9 Å². The number of rotatable bonds is 3. The number of likely N-dealkylation sites (tertiary alicyclic amines) is 2. The molecule has 3 heterocycles. The van der Waals surface area contributed by atoms with Crippen LogP contribution < -0.4 is 5.73 Å². The lowest BCUT2D eigenvalue weighted by atomic mass is 10.0. The average molecular weight is 297 g/mol. The third-order valence-electron chi connectivity index (χ3n) is 4.97. The molecule has 3 fully saturated rings. The molecule has 1 spiro atoms. The first-order chi connectivity index (χ1) is 10.2. The summed E-state index contributed by atoms with van der Waals surface area (Å²) in [6.45, 7) is 5.84. The molecule has 0 aliphatic carbocycles. The Kier molecular flexibility index (Phi) is 4.78. The Morgan fingerprint density at radius 2 is 1.71 bits per heavy atom. The van der Waals surface area contributed by atoms with E-state index in [1.54, 1.807) is 0 Å². The number of piperidine rings is 2. The van der Waals surface area contributed by atoms with Crippen molar-refractivity contribution in [3.63, 3.8) is 0 Å². The second-order valence-corrected chi connectivity index (χ2v) is 6.42. The third-order valence-corrected chi connectivity index (χ3v) is 4.97. The smallest absolute Gasteiger partial charge is 0.223 e. The number of ether oxygens (including phenoxy) is 2. The van der Waals surface area contributed by atoms with Crippen LogP contribution >= 0.6 is 0 Å². The molecule has 6 nitrogen and oxygen atoms in total. The van der Waals surface area contributed by atoms with Crippen LogP contribution in [0.4, 0.5) is 0 Å². The lowest BCUT2D eigenvalue weighted by molar-refractivity contribution is -0.185. The highest BCUT2D eigenvalue weighted by molar-refractivity contribution is 5.76. The van der Waals surface area contributed by atoms with Crippen LogP contribution in [0.15, 0.2) is 0 Å². The van der Waals surface area contributed by atoms with E-state index in [1.165, 1.54) is 0 Å². The van der Waals surface area contributed by atoms with Gasteiger partial charge in [0.1, 0.15) is 0 Å². The maximum atomic E-state index is 12.2. The predicted octanol–water partition coefficient (Wildman–Crippen LogP) is 0.165. The van der Waals surface area contributed by atoms with E-state index in [0.717, 1.165) is 71.6 Å². The van der Waals surface area contributed by atoms with Gasteiger partial charge in [0, 0.05) is 58.0 Å². The highest BCUT2D eigenvalue weighted by Crippen LogP contribution is 2.31. The Bertz CT molecular complexity index is 353. The van der Waals surface area contributed by atoms with Gasteiger partial charge in [-0.25, -0.2) is 0 Å². The van der Waals surface area contributed by atoms with Gasteiger partial charge in [-0.2, -0.15) is 0 Å². The molecule has 3 rings (SSSR count). The lowest BCUT2D eigenvalue weighted by Crippen LogP contribution is -2.47. The van der Waals surface area contributed by atoms with Crippen LogP contribution in [0, 0.1) is 0 Å². The van der Waals surface area contributed by atoms with E-state index in [1.807, 2.05) is 4.90 Å². The summed E-state index contributed by atoms with van der Waals surface area (Å²) in [7, 11) is 0. The van der Waals surface area contributed by atoms with Crippen LogP contribution in [0.3, 0.4) is 0 Å². The van der Waals surface area contributed by atoms with Crippen LogP contribution in [-0.4, -0.2) is 73.5 Å². The quantitative estimate of drug-likeness (QED) is 0.804. The van der Waals surface area contributed by atoms with Crippen molar-refractivity contribution in [1.29, 1.82) is 0 Å². The van der Waals surface area contributed by atoms with E-state index in [9.17, 15) is 4.79 Å². The summed E-state index contributed by atoms with van der Waals surface area (Å²) in [6, 6.07) is 0.277. The first kappa shape index (κ1) is 15.2. The van der Waals surface area contributed by atoms with Gasteiger partial charge in [-0.3, -0.25) is 4.79 Å². The molecule has 3 saturated heterocycles. The molecule has 6 heteroatoms. The molecule has 0 bridgehead atoms. The van der Waals surface area contributed by atoms with Crippen molar-refractivity contribution in [3.05, 3.63) is 0 Å². The highest BCUT2D eigenvalue weighted by atomic mass is 16.7. The number of hydrogen-bond donors (Lipinski definition) is 1. The number of hydrogen-bond acceptors (Lipinski definition) is 5. The van der Waals surface area contributed by atoms with Gasteiger partial charge in [0.2, 0.25) is 5.91 Å². The predicted molar refractivity (Wildman–Crippen MR) is 78.7 cm³/mol. The average Bonchev–Trinajstić information content (AvgIpc) is 2.95. The first-order valence-corrected chi connectivity index (χ1v) is 8.20. The molecule has 0 atom stereocenters. The second kappa shape index (κ2) is 6.60. The van der Waals surface area contributed by atoms with Gasteiger partial charge in [-0.1, -0.05) is 0 Å². The van der Waals surface area contributed by atoms with E-state index >= 15 is 0 Å². The van der Waals surface area contributed by atoms with E-state index in [-0.39, 0.29) is 17.7 Å². The summed E-state index contributed by atoms with van der Waals surface area (Å²) < 4.78 is 11.4. The minimum Gasteiger partial charge on any atom is -0.347 e. The monoisotopic (exact) mass is 297 g/mol. The Labute approximate surface area is 126 Å². The fourth-order valence-electron chi connectivity index (χ4n) is 3.46. The molecule has 0 saturated carbocycles. The zero-order valence-corrected chi connectivity index (χ0v) is 12.8. The minimum atomic E-state index is -0.316. The van der Waals surface area contributed by atoms with Crippen LogP contribution in [0.2, 0.25) is 0 Å². The van der Waals surface area contributed by atoms with Gasteiger partial charge in [0.25, 0.3) is 0 Å². The molecular weight excluding hydrogens is 270 g/mol. The minimum absolute atomic E-state index is 0.274. The van der Waals surface area contributed by atoms with Crippen LogP contribution in [0.1, 0.15) is 32.1 Å². The molecular formula is C15H27N3O3. The third kappa shape index (κ3) is 3.74. The standard InChI is InChI=1S/C15H27N3O3/c16-13-1-7-18(8-2-13)14(19)3-6-17-9-4-15(5-10-17)20-11-12-21-15/h13H,1-12,16H2. The molecule has 0 unspecified atom stereocenters. The maximum absolute atomic E-state index is 12.2. The maximum Gasteiger partial charge on any atom is 0.223 e. The van der Waals surface area contributed by atoms with Crippen molar-refractivity contribution in [3.8, 4) is 0 Å². The van der Waals surface area contributed by atoms with Crippen molar-refractivity contribution in [2.24, 2.45) is 5.73 Å². The summed E-state index contributed by atoms with van der Waals surface area (Å²) in [6.07, 6.45) is 4.32. The second-order valence-electron chi connectivity index (χ2n) is 6.42. The van der Waals surface area contributed by atoms with Gasteiger partial charge in [-0.05, 0) is 12.8 Å². The molecule has 3 aliphatic rings. The number of nitrogens with zero attached hydrogens (tertiary/aromatic N) is 2. The summed E-state index contributed by atoms with van der Waals surface area (Å²) in [4.78, 5) is 16.5. The van der Waals surface area contributed by atoms with E-state index in [0.29, 0.717) is 6.42 Å². The Hall–Kier alpha value is -0.690. The van der Waals surface area contributed by atoms with Gasteiger partial charge in [0.05, 0.1) is 13.2 Å². The molecule has 0 radical (unpaired) electrons. The molecule has 3 aliphatic heterocycles. The Balaban J connectivity index is 1.37. The van der Waals surface area contributed by atoms with E-state index in [2.05, 4.69) is 4.90 Å². The highest BCUT2D eigenvalue weighted by Gasteiger charge is 2.39. The molecule has 0 aromatic heterocycles. The van der Waals surface area contributed by atoms with Crippen molar-refractivity contribution in [1.82, 2.24) is 9.80 Å². The molecule has 120 valence electrons. The van der Waals surface area contributed by atoms with Gasteiger partial charge < -0.3 is 25.0 Å². The fourth-order valence-corrected chi connectivity index (χ4v) is 3.46. The molecule has 1 amide bonds. The topological polar surface area (TPSA) is 68.0 Å². The zero-order chi connectivity index (χ0) is 14.7. The number of carbonyl (C=O) groups excluding carboxylic acids is 1. The van der Waals surface area contributed by atoms with E-state index < -0.39 is 0 Å². The molecule has 0 aromatic rings. The summed E-state index contributed by atoms with van der Waals surface area (Å²) in [5, 5.41) is 0. The van der Waals surface area contributed by atoms with Crippen molar-refractivity contribution in [2.45, 2.75) is 43.9 Å². The normalized spacial score (nSPS) is 27.4. The lowest BCUT2D eigenvalue weighted by Gasteiger charge is -2.38. The van der Waals surface area contributed by atoms with Crippen LogP contribution in [0.25, 0.3) is 0 Å². The Morgan fingerprint density at radius 3 is 2.33 bits per heavy atom. The van der Waals surface area contributed by atoms with Gasteiger partial charge >= 0.3 is 0 Å². The first-order valence-electron chi connectivity index (χ1n) is 8.20. The zero-order valence-electron chi connectivity index (χ0n) is 12.8. The largest absolute Gasteiger partial charge is 0.347 e. The number of carbonyl (C=O) groups is 1. The van der Waals surface area contributed by atoms with E-state index in [4.69, 9.17) is 15.2 Å². The molecule has 21 heavy (non-hydrogen) atoms. The van der Waals surface area contributed by atoms with Gasteiger partial charge in [-0.15, -0.1) is 0 Å². The SMILES string of the molecule is NC1CCN(C(=O)CCN2CCC3(CC2)OCCO3)CC1. The Morgan fingerprint density at radius 1 is 1.10 bits per heavy atom. The van der Waals surface area contributed by atoms with Gasteiger partial charge in [0.15, 0.2) is 5.79 Å².